The molecule has 0 bridgehead atoms. The van der Waals surface area contributed by atoms with E-state index in [1.165, 1.54) is 163 Å². The van der Waals surface area contributed by atoms with Crippen LogP contribution in [0.4, 0.5) is 34.1 Å². The minimum atomic E-state index is 1.10. The van der Waals surface area contributed by atoms with Crippen molar-refractivity contribution >= 4 is 152 Å². The summed E-state index contributed by atoms with van der Waals surface area (Å²) in [6.07, 6.45) is 0. The van der Waals surface area contributed by atoms with Crippen LogP contribution in [-0.4, -0.2) is 9.13 Å². The molecule has 5 heteroatoms. The van der Waals surface area contributed by atoms with E-state index in [-0.39, 0.29) is 0 Å². The quantitative estimate of drug-likeness (QED) is 0.107. The first-order valence-corrected chi connectivity index (χ1v) is 40.9. The Bertz CT molecular complexity index is 7600. The summed E-state index contributed by atoms with van der Waals surface area (Å²) in [5.74, 6) is 0. The molecule has 0 atom stereocenters. The lowest BCUT2D eigenvalue weighted by molar-refractivity contribution is 1.19. The lowest BCUT2D eigenvalue weighted by Crippen LogP contribution is -2.09. The zero-order valence-corrected chi connectivity index (χ0v) is 64.7. The maximum absolute atomic E-state index is 2.46. The molecule has 0 fully saturated rings. The van der Waals surface area contributed by atoms with E-state index in [0.29, 0.717) is 0 Å². The topological polar surface area (TPSA) is 16.3 Å². The summed E-state index contributed by atoms with van der Waals surface area (Å²) in [6, 6.07) is 163. The molecule has 0 saturated heterocycles. The third-order valence-corrected chi connectivity index (χ3v) is 24.7. The Balaban J connectivity index is 0.000000142. The van der Waals surface area contributed by atoms with E-state index in [4.69, 9.17) is 0 Å². The second kappa shape index (κ2) is 29.1. The van der Waals surface area contributed by atoms with Crippen LogP contribution in [0.2, 0.25) is 0 Å². The smallest absolute Gasteiger partial charge is 0.0625 e. The summed E-state index contributed by atoms with van der Waals surface area (Å²) in [7, 11) is 0. The highest BCUT2D eigenvalue weighted by atomic mass is 32.1. The van der Waals surface area contributed by atoms with E-state index >= 15 is 0 Å². The summed E-state index contributed by atoms with van der Waals surface area (Å²) < 4.78 is 7.51. The molecule has 0 aliphatic rings. The maximum Gasteiger partial charge on any atom is 0.0625 e. The predicted molar refractivity (Wildman–Crippen MR) is 501 cm³/mol. The number of hydrogen-bond acceptors (Lipinski definition) is 3. The van der Waals surface area contributed by atoms with Crippen LogP contribution < -0.4 is 9.80 Å². The lowest BCUT2D eigenvalue weighted by Gasteiger charge is -2.26. The van der Waals surface area contributed by atoms with Crippen molar-refractivity contribution in [1.82, 2.24) is 9.13 Å². The van der Waals surface area contributed by atoms with Crippen molar-refractivity contribution in [1.29, 1.82) is 0 Å². The first-order valence-electron chi connectivity index (χ1n) is 40.1. The standard InChI is InChI=1S/C56H36N2S.C56H38N2/c1-2-13-37(14-3-1)40-15-12-16-43(35-40)57(44-33-34-48-47-19-9-11-24-53(47)59-54(48)36-44)41-29-25-38(26-30-41)39-27-31-42(32-28-39)58-52-23-10-8-22-51(52)55-49-20-6-4-17-45(49)46-18-5-7-21-50(46)56(55)58;1-3-13-39(14-4-1)41-23-31-45(32-24-41)57(46-33-25-42(26-34-46)40-15-5-2-6-16-40)47-35-27-43(28-36-47)44-29-37-48(38-30-44)58-54-22-12-11-21-53(54)55-51-19-9-7-17-49(51)50-18-8-10-20-52(50)56(55)58/h1-36H;1-38H. The Hall–Kier alpha value is -15.1. The molecule has 548 valence electrons. The van der Waals surface area contributed by atoms with Gasteiger partial charge in [-0.15, -0.1) is 11.3 Å². The Labute approximate surface area is 682 Å². The number of rotatable bonds is 13. The van der Waals surface area contributed by atoms with Gasteiger partial charge in [0, 0.05) is 98.0 Å². The van der Waals surface area contributed by atoms with Crippen LogP contribution in [0.25, 0.3) is 174 Å². The van der Waals surface area contributed by atoms with Gasteiger partial charge in [0.15, 0.2) is 0 Å². The highest BCUT2D eigenvalue weighted by Crippen LogP contribution is 2.48. The zero-order valence-electron chi connectivity index (χ0n) is 63.9. The molecule has 0 aliphatic carbocycles. The molecular weight excluding hydrogens is 1430 g/mol. The largest absolute Gasteiger partial charge is 0.311 e. The van der Waals surface area contributed by atoms with Gasteiger partial charge in [0.1, 0.15) is 0 Å². The van der Waals surface area contributed by atoms with Gasteiger partial charge in [0.25, 0.3) is 0 Å². The number of benzene rings is 20. The second-order valence-corrected chi connectivity index (χ2v) is 31.3. The monoisotopic (exact) mass is 1510 g/mol. The summed E-state index contributed by atoms with van der Waals surface area (Å²) >= 11 is 1.86. The van der Waals surface area contributed by atoms with Gasteiger partial charge in [-0.3, -0.25) is 0 Å². The minimum Gasteiger partial charge on any atom is -0.311 e. The van der Waals surface area contributed by atoms with E-state index in [1.54, 1.807) is 0 Å². The fourth-order valence-electron chi connectivity index (χ4n) is 18.1. The third-order valence-electron chi connectivity index (χ3n) is 23.6. The number of nitrogens with zero attached hydrogens (tertiary/aromatic N) is 4. The van der Waals surface area contributed by atoms with Gasteiger partial charge in [-0.2, -0.15) is 0 Å². The van der Waals surface area contributed by atoms with Crippen LogP contribution in [-0.2, 0) is 0 Å². The van der Waals surface area contributed by atoms with Crippen LogP contribution in [0.3, 0.4) is 0 Å². The summed E-state index contributed by atoms with van der Waals surface area (Å²) in [5.41, 5.74) is 25.8. The molecular formula is C112H74N4S. The molecule has 117 heavy (non-hydrogen) atoms. The molecule has 0 N–H and O–H groups in total. The molecule has 0 unspecified atom stereocenters. The van der Waals surface area contributed by atoms with Gasteiger partial charge in [-0.05, 0) is 203 Å². The number of hydrogen-bond donors (Lipinski definition) is 0. The highest BCUT2D eigenvalue weighted by Gasteiger charge is 2.23. The normalized spacial score (nSPS) is 11.6. The van der Waals surface area contributed by atoms with E-state index in [1.807, 2.05) is 11.3 Å². The fourth-order valence-corrected chi connectivity index (χ4v) is 19.2. The lowest BCUT2D eigenvalue weighted by atomic mass is 9.97. The first kappa shape index (κ1) is 68.6. The average Bonchev–Trinajstić information content (AvgIpc) is 1.57. The third kappa shape index (κ3) is 12.1. The molecule has 4 nitrogen and oxygen atoms in total. The van der Waals surface area contributed by atoms with Gasteiger partial charge in [0.2, 0.25) is 0 Å². The van der Waals surface area contributed by atoms with Gasteiger partial charge in [-0.25, -0.2) is 0 Å². The van der Waals surface area contributed by atoms with Crippen molar-refractivity contribution in [3.63, 3.8) is 0 Å². The van der Waals surface area contributed by atoms with Crippen molar-refractivity contribution in [3.05, 3.63) is 449 Å². The van der Waals surface area contributed by atoms with E-state index in [9.17, 15) is 0 Å². The summed E-state index contributed by atoms with van der Waals surface area (Å²) in [6.45, 7) is 0. The number of aromatic nitrogens is 2. The maximum atomic E-state index is 2.46. The summed E-state index contributed by atoms with van der Waals surface area (Å²) in [4.78, 5) is 4.73. The van der Waals surface area contributed by atoms with Gasteiger partial charge in [-0.1, -0.05) is 334 Å². The Morgan fingerprint density at radius 2 is 0.436 bits per heavy atom. The van der Waals surface area contributed by atoms with Gasteiger partial charge < -0.3 is 18.9 Å². The highest BCUT2D eigenvalue weighted by molar-refractivity contribution is 7.25. The molecule has 3 aromatic heterocycles. The Morgan fingerprint density at radius 3 is 0.846 bits per heavy atom. The van der Waals surface area contributed by atoms with Gasteiger partial charge >= 0.3 is 0 Å². The number of thiophene rings is 1. The van der Waals surface area contributed by atoms with Crippen molar-refractivity contribution in [2.24, 2.45) is 0 Å². The molecule has 0 saturated carbocycles. The van der Waals surface area contributed by atoms with Crippen LogP contribution in [0, 0.1) is 0 Å². The second-order valence-electron chi connectivity index (χ2n) is 30.2. The van der Waals surface area contributed by atoms with E-state index in [0.717, 1.165) is 45.5 Å². The van der Waals surface area contributed by atoms with E-state index in [2.05, 4.69) is 468 Å². The van der Waals surface area contributed by atoms with E-state index < -0.39 is 0 Å². The van der Waals surface area contributed by atoms with Crippen molar-refractivity contribution < 1.29 is 0 Å². The zero-order chi connectivity index (χ0) is 77.3. The molecule has 0 radical (unpaired) electrons. The first-order chi connectivity index (χ1) is 58.0. The van der Waals surface area contributed by atoms with Crippen LogP contribution in [0.1, 0.15) is 0 Å². The van der Waals surface area contributed by atoms with Crippen LogP contribution in [0.5, 0.6) is 0 Å². The molecule has 23 aromatic rings. The predicted octanol–water partition coefficient (Wildman–Crippen LogP) is 31.8. The molecule has 23 rings (SSSR count). The average molecular weight is 1510 g/mol. The molecule has 20 aromatic carbocycles. The van der Waals surface area contributed by atoms with Crippen molar-refractivity contribution in [2.45, 2.75) is 0 Å². The Morgan fingerprint density at radius 1 is 0.162 bits per heavy atom. The summed E-state index contributed by atoms with van der Waals surface area (Å²) in [5, 5.41) is 18.0. The molecule has 3 heterocycles. The molecule has 0 spiro atoms. The number of para-hydroxylation sites is 2. The molecule has 0 aliphatic heterocycles. The minimum absolute atomic E-state index is 1.10. The number of anilines is 6. The molecule has 0 amide bonds. The van der Waals surface area contributed by atoms with Crippen LogP contribution >= 0.6 is 11.3 Å². The fraction of sp³-hybridized carbons (Fsp3) is 0. The SMILES string of the molecule is c1ccc(-c2ccc(N(c3ccc(-c4ccccc4)cc3)c3ccc(-c4ccc(-n5c6ccccc6c6c7ccccc7c7ccccc7c65)cc4)cc3)cc2)cc1.c1ccc(-c2cccc(N(c3ccc(-c4ccc(-n5c6ccccc6c6c7ccccc7c7ccccc7c65)cc4)cc3)c3ccc4c(c3)sc3ccccc34)c2)cc1. The van der Waals surface area contributed by atoms with Crippen molar-refractivity contribution in [2.75, 3.05) is 9.80 Å². The van der Waals surface area contributed by atoms with Crippen molar-refractivity contribution in [3.8, 4) is 67.0 Å². The van der Waals surface area contributed by atoms with Gasteiger partial charge in [0.05, 0.1) is 22.1 Å². The number of fused-ring (bicyclic) bond motifs is 19. The Kier molecular flexibility index (Phi) is 17.1. The van der Waals surface area contributed by atoms with Crippen LogP contribution in [0.15, 0.2) is 449 Å².